The minimum absolute atomic E-state index is 0.126. The number of carbonyl (C=O) groups excluding carboxylic acids is 1. The van der Waals surface area contributed by atoms with Crippen molar-refractivity contribution in [2.45, 2.75) is 33.2 Å². The molecular weight excluding hydrogens is 376 g/mol. The second kappa shape index (κ2) is 7.63. The molecule has 0 bridgehead atoms. The molecule has 4 rings (SSSR count). The van der Waals surface area contributed by atoms with Gasteiger partial charge < -0.3 is 15.3 Å². The van der Waals surface area contributed by atoms with E-state index in [-0.39, 0.29) is 11.5 Å². The van der Waals surface area contributed by atoms with E-state index in [4.69, 9.17) is 5.73 Å². The number of aromatic amines is 1. The number of hydrogen-bond acceptors (Lipinski definition) is 3. The third-order valence-corrected chi connectivity index (χ3v) is 5.43. The fourth-order valence-corrected chi connectivity index (χ4v) is 3.83. The molecule has 1 amide bonds. The molecule has 0 unspecified atom stereocenters. The van der Waals surface area contributed by atoms with Gasteiger partial charge in [-0.2, -0.15) is 0 Å². The summed E-state index contributed by atoms with van der Waals surface area (Å²) < 4.78 is 2.00. The molecule has 1 aromatic carbocycles. The molecule has 3 N–H and O–H groups in total. The van der Waals surface area contributed by atoms with Gasteiger partial charge in [-0.3, -0.25) is 14.6 Å². The summed E-state index contributed by atoms with van der Waals surface area (Å²) in [4.78, 5) is 31.9. The van der Waals surface area contributed by atoms with E-state index in [1.54, 1.807) is 12.4 Å². The Morgan fingerprint density at radius 1 is 1.17 bits per heavy atom. The van der Waals surface area contributed by atoms with Gasteiger partial charge in [0.1, 0.15) is 0 Å². The van der Waals surface area contributed by atoms with Crippen molar-refractivity contribution in [1.82, 2.24) is 14.5 Å². The maximum atomic E-state index is 12.9. The maximum absolute atomic E-state index is 12.9. The molecule has 30 heavy (non-hydrogen) atoms. The predicted octanol–water partition coefficient (Wildman–Crippen LogP) is 3.97. The first-order valence-electron chi connectivity index (χ1n) is 9.91. The second-order valence-corrected chi connectivity index (χ2v) is 7.87. The maximum Gasteiger partial charge on any atom is 0.253 e. The average molecular weight is 400 g/mol. The van der Waals surface area contributed by atoms with Crippen LogP contribution in [0.2, 0.25) is 0 Å². The Hall–Kier alpha value is -3.67. The SMILES string of the molecule is Cc1cc(-c2ccncc2)c(Cn2ccc3c(C(N)=O)cc(C(C)C)cc32)c(=O)[nH]1. The molecule has 3 heterocycles. The van der Waals surface area contributed by atoms with Gasteiger partial charge in [-0.25, -0.2) is 0 Å². The monoisotopic (exact) mass is 400 g/mol. The number of aromatic nitrogens is 3. The zero-order valence-corrected chi connectivity index (χ0v) is 17.3. The van der Waals surface area contributed by atoms with Gasteiger partial charge in [-0.15, -0.1) is 0 Å². The molecule has 0 aliphatic rings. The highest BCUT2D eigenvalue weighted by molar-refractivity contribution is 6.06. The van der Waals surface area contributed by atoms with Crippen molar-refractivity contribution >= 4 is 16.8 Å². The highest BCUT2D eigenvalue weighted by atomic mass is 16.1. The summed E-state index contributed by atoms with van der Waals surface area (Å²) in [6.07, 6.45) is 5.33. The summed E-state index contributed by atoms with van der Waals surface area (Å²) in [5, 5.41) is 0.793. The molecular formula is C24H24N4O2. The number of hydrogen-bond donors (Lipinski definition) is 2. The van der Waals surface area contributed by atoms with Crippen LogP contribution < -0.4 is 11.3 Å². The van der Waals surface area contributed by atoms with E-state index in [0.29, 0.717) is 17.7 Å². The van der Waals surface area contributed by atoms with Crippen LogP contribution in [0, 0.1) is 6.92 Å². The minimum atomic E-state index is -0.453. The smallest absolute Gasteiger partial charge is 0.253 e. The molecule has 0 aliphatic heterocycles. The summed E-state index contributed by atoms with van der Waals surface area (Å²) in [6, 6.07) is 11.6. The van der Waals surface area contributed by atoms with Gasteiger partial charge in [0.2, 0.25) is 5.91 Å². The summed E-state index contributed by atoms with van der Waals surface area (Å²) in [6.45, 7) is 6.39. The van der Waals surface area contributed by atoms with Crippen molar-refractivity contribution in [3.8, 4) is 11.1 Å². The number of rotatable bonds is 5. The Balaban J connectivity index is 1.90. The lowest BCUT2D eigenvalue weighted by Gasteiger charge is -2.14. The van der Waals surface area contributed by atoms with E-state index in [2.05, 4.69) is 29.9 Å². The number of H-pyrrole nitrogens is 1. The van der Waals surface area contributed by atoms with Crippen molar-refractivity contribution in [1.29, 1.82) is 0 Å². The van der Waals surface area contributed by atoms with E-state index in [0.717, 1.165) is 33.3 Å². The highest BCUT2D eigenvalue weighted by Crippen LogP contribution is 2.28. The molecule has 6 heteroatoms. The zero-order valence-electron chi connectivity index (χ0n) is 17.3. The number of nitrogens with two attached hydrogens (primary N) is 1. The number of pyridine rings is 2. The first kappa shape index (κ1) is 19.6. The Bertz CT molecular complexity index is 1300. The first-order valence-corrected chi connectivity index (χ1v) is 9.91. The number of carbonyl (C=O) groups is 1. The molecule has 6 nitrogen and oxygen atoms in total. The molecule has 0 aliphatic carbocycles. The van der Waals surface area contributed by atoms with Gasteiger partial charge in [0.25, 0.3) is 5.56 Å². The van der Waals surface area contributed by atoms with E-state index >= 15 is 0 Å². The van der Waals surface area contributed by atoms with Crippen LogP contribution in [0.4, 0.5) is 0 Å². The van der Waals surface area contributed by atoms with Crippen LogP contribution in [-0.2, 0) is 6.54 Å². The van der Waals surface area contributed by atoms with Gasteiger partial charge in [-0.1, -0.05) is 13.8 Å². The summed E-state index contributed by atoms with van der Waals surface area (Å²) >= 11 is 0. The predicted molar refractivity (Wildman–Crippen MR) is 119 cm³/mol. The number of nitrogens with zero attached hydrogens (tertiary/aromatic N) is 2. The fraction of sp³-hybridized carbons (Fsp3) is 0.208. The van der Waals surface area contributed by atoms with E-state index in [1.807, 2.05) is 48.0 Å². The molecule has 152 valence electrons. The third-order valence-electron chi connectivity index (χ3n) is 5.43. The Kier molecular flexibility index (Phi) is 4.99. The van der Waals surface area contributed by atoms with Gasteiger partial charge in [0.15, 0.2) is 0 Å². The van der Waals surface area contributed by atoms with Crippen LogP contribution in [-0.4, -0.2) is 20.4 Å². The average Bonchev–Trinajstić information content (AvgIpc) is 3.12. The molecule has 0 radical (unpaired) electrons. The number of nitrogens with one attached hydrogen (secondary N) is 1. The lowest BCUT2D eigenvalue weighted by molar-refractivity contribution is 0.100. The number of primary amides is 1. The first-order chi connectivity index (χ1) is 14.3. The van der Waals surface area contributed by atoms with Crippen molar-refractivity contribution in [2.24, 2.45) is 5.73 Å². The standard InChI is InChI=1S/C24H24N4O2/c1-14(2)17-11-20(23(25)29)18-6-9-28(22(18)12-17)13-21-19(10-15(3)27-24(21)30)16-4-7-26-8-5-16/h4-12,14H,13H2,1-3H3,(H2,25,29)(H,27,30). The Labute approximate surface area is 174 Å². The minimum Gasteiger partial charge on any atom is -0.366 e. The summed E-state index contributed by atoms with van der Waals surface area (Å²) in [5.41, 5.74) is 11.2. The van der Waals surface area contributed by atoms with E-state index in [1.165, 1.54) is 0 Å². The third kappa shape index (κ3) is 3.52. The topological polar surface area (TPSA) is 93.8 Å². The van der Waals surface area contributed by atoms with Crippen molar-refractivity contribution in [2.75, 3.05) is 0 Å². The van der Waals surface area contributed by atoms with Gasteiger partial charge in [0, 0.05) is 46.3 Å². The van der Waals surface area contributed by atoms with E-state index in [9.17, 15) is 9.59 Å². The number of aryl methyl sites for hydroxylation is 1. The summed E-state index contributed by atoms with van der Waals surface area (Å²) in [5.74, 6) is -0.211. The lowest BCUT2D eigenvalue weighted by atomic mass is 9.97. The number of amides is 1. The lowest BCUT2D eigenvalue weighted by Crippen LogP contribution is -2.18. The van der Waals surface area contributed by atoms with Crippen LogP contribution in [0.3, 0.4) is 0 Å². The Morgan fingerprint density at radius 3 is 2.57 bits per heavy atom. The van der Waals surface area contributed by atoms with Crippen molar-refractivity contribution in [3.63, 3.8) is 0 Å². The highest BCUT2D eigenvalue weighted by Gasteiger charge is 2.16. The normalized spacial score (nSPS) is 11.3. The molecule has 0 saturated heterocycles. The molecule has 0 saturated carbocycles. The molecule has 0 atom stereocenters. The zero-order chi connectivity index (χ0) is 21.4. The van der Waals surface area contributed by atoms with Crippen LogP contribution in [0.15, 0.2) is 59.8 Å². The molecule has 3 aromatic heterocycles. The molecule has 0 fully saturated rings. The van der Waals surface area contributed by atoms with Gasteiger partial charge in [-0.05, 0) is 65.9 Å². The van der Waals surface area contributed by atoms with Crippen molar-refractivity contribution < 1.29 is 4.79 Å². The fourth-order valence-electron chi connectivity index (χ4n) is 3.83. The van der Waals surface area contributed by atoms with Gasteiger partial charge >= 0.3 is 0 Å². The molecule has 0 spiro atoms. The van der Waals surface area contributed by atoms with Crippen molar-refractivity contribution in [3.05, 3.63) is 87.7 Å². The van der Waals surface area contributed by atoms with Crippen LogP contribution in [0.5, 0.6) is 0 Å². The van der Waals surface area contributed by atoms with Crippen LogP contribution in [0.1, 0.15) is 46.9 Å². The Morgan fingerprint density at radius 2 is 1.90 bits per heavy atom. The van der Waals surface area contributed by atoms with Gasteiger partial charge in [0.05, 0.1) is 6.54 Å². The largest absolute Gasteiger partial charge is 0.366 e. The van der Waals surface area contributed by atoms with Crippen LogP contribution >= 0.6 is 0 Å². The number of benzene rings is 1. The van der Waals surface area contributed by atoms with Crippen LogP contribution in [0.25, 0.3) is 22.0 Å². The number of fused-ring (bicyclic) bond motifs is 1. The van der Waals surface area contributed by atoms with E-state index < -0.39 is 5.91 Å². The molecule has 4 aromatic rings. The quantitative estimate of drug-likeness (QED) is 0.531. The summed E-state index contributed by atoms with van der Waals surface area (Å²) in [7, 11) is 0. The second-order valence-electron chi connectivity index (χ2n) is 7.87.